The van der Waals surface area contributed by atoms with E-state index in [1.165, 1.54) is 0 Å². The molecule has 9 heteroatoms. The van der Waals surface area contributed by atoms with Crippen LogP contribution in [0.1, 0.15) is 59.7 Å². The van der Waals surface area contributed by atoms with Crippen molar-refractivity contribution in [1.82, 2.24) is 19.9 Å². The summed E-state index contributed by atoms with van der Waals surface area (Å²) < 4.78 is 52.9. The first-order valence-electron chi connectivity index (χ1n) is 8.23. The van der Waals surface area contributed by atoms with Gasteiger partial charge in [-0.15, -0.1) is 0 Å². The Balaban J connectivity index is 1.94. The first kappa shape index (κ1) is 18.8. The number of fused-ring (bicyclic) bond motifs is 1. The van der Waals surface area contributed by atoms with E-state index in [0.29, 0.717) is 12.5 Å². The van der Waals surface area contributed by atoms with Crippen molar-refractivity contribution < 1.29 is 22.4 Å². The summed E-state index contributed by atoms with van der Waals surface area (Å²) in [7, 11) is 0. The molecule has 0 saturated heterocycles. The van der Waals surface area contributed by atoms with Crippen molar-refractivity contribution in [3.8, 4) is 0 Å². The topological polar surface area (TPSA) is 59.3 Å². The van der Waals surface area contributed by atoms with E-state index in [9.17, 15) is 22.4 Å². The van der Waals surface area contributed by atoms with Gasteiger partial charge in [-0.05, 0) is 18.1 Å². The predicted molar refractivity (Wildman–Crippen MR) is 89.8 cm³/mol. The van der Waals surface area contributed by atoms with Gasteiger partial charge in [-0.2, -0.15) is 5.10 Å². The van der Waals surface area contributed by atoms with Gasteiger partial charge in [-0.1, -0.05) is 37.3 Å². The van der Waals surface area contributed by atoms with Crippen molar-refractivity contribution in [1.29, 1.82) is 0 Å². The van der Waals surface area contributed by atoms with Gasteiger partial charge in [0.15, 0.2) is 11.3 Å². The van der Waals surface area contributed by atoms with Crippen LogP contribution in [-0.4, -0.2) is 20.5 Å². The van der Waals surface area contributed by atoms with Crippen molar-refractivity contribution >= 4 is 11.6 Å². The van der Waals surface area contributed by atoms with Gasteiger partial charge in [-0.25, -0.2) is 27.1 Å². The van der Waals surface area contributed by atoms with Crippen LogP contribution in [0.4, 0.5) is 17.6 Å². The molecule has 1 unspecified atom stereocenters. The van der Waals surface area contributed by atoms with E-state index in [1.807, 2.05) is 37.3 Å². The lowest BCUT2D eigenvalue weighted by Crippen LogP contribution is -2.28. The molecule has 0 fully saturated rings. The molecule has 0 saturated carbocycles. The van der Waals surface area contributed by atoms with E-state index in [4.69, 9.17) is 0 Å². The van der Waals surface area contributed by atoms with E-state index in [-0.39, 0.29) is 17.4 Å². The molecular weight excluding hydrogens is 364 g/mol. The molecule has 0 spiro atoms. The van der Waals surface area contributed by atoms with Gasteiger partial charge in [0, 0.05) is 6.07 Å². The van der Waals surface area contributed by atoms with Crippen molar-refractivity contribution in [3.05, 3.63) is 65.1 Å². The van der Waals surface area contributed by atoms with Crippen molar-refractivity contribution in [2.75, 3.05) is 0 Å². The van der Waals surface area contributed by atoms with E-state index >= 15 is 0 Å². The standard InChI is InChI=1S/C18H16F4N4O/c1-2-11(10-6-4-3-5-7-10)24-18(27)13-9-15-23-12(16(19)20)8-14(17(21)22)26(15)25-13/h3-9,11,16-17H,2H2,1H3,(H,24,27). The van der Waals surface area contributed by atoms with Crippen LogP contribution in [0.15, 0.2) is 42.5 Å². The second-order valence-electron chi connectivity index (χ2n) is 5.85. The van der Waals surface area contributed by atoms with Crippen molar-refractivity contribution in [3.63, 3.8) is 0 Å². The lowest BCUT2D eigenvalue weighted by atomic mass is 10.0. The number of alkyl halides is 4. The van der Waals surface area contributed by atoms with Crippen molar-refractivity contribution in [2.24, 2.45) is 0 Å². The number of hydrogen-bond acceptors (Lipinski definition) is 3. The molecule has 0 aliphatic rings. The molecule has 3 rings (SSSR count). The van der Waals surface area contributed by atoms with Gasteiger partial charge in [0.05, 0.1) is 6.04 Å². The molecule has 0 aliphatic carbocycles. The zero-order valence-corrected chi connectivity index (χ0v) is 14.2. The fourth-order valence-electron chi connectivity index (χ4n) is 2.73. The molecule has 27 heavy (non-hydrogen) atoms. The van der Waals surface area contributed by atoms with Gasteiger partial charge in [0.25, 0.3) is 18.8 Å². The fraction of sp³-hybridized carbons (Fsp3) is 0.278. The third-order valence-corrected chi connectivity index (χ3v) is 4.07. The molecule has 0 radical (unpaired) electrons. The second-order valence-corrected chi connectivity index (χ2v) is 5.85. The maximum Gasteiger partial charge on any atom is 0.280 e. The van der Waals surface area contributed by atoms with Crippen LogP contribution < -0.4 is 5.32 Å². The number of aromatic nitrogens is 3. The predicted octanol–water partition coefficient (Wildman–Crippen LogP) is 4.49. The number of nitrogens with one attached hydrogen (secondary N) is 1. The normalized spacial score (nSPS) is 12.7. The summed E-state index contributed by atoms with van der Waals surface area (Å²) in [6.45, 7) is 1.88. The number of carbonyl (C=O) groups excluding carboxylic acids is 1. The minimum absolute atomic E-state index is 0.176. The molecule has 3 aromatic rings. The molecule has 2 aromatic heterocycles. The molecular formula is C18H16F4N4O. The van der Waals surface area contributed by atoms with Crippen LogP contribution in [-0.2, 0) is 0 Å². The van der Waals surface area contributed by atoms with Crippen LogP contribution in [0.25, 0.3) is 5.65 Å². The lowest BCUT2D eigenvalue weighted by Gasteiger charge is -2.16. The Labute approximate surface area is 152 Å². The SMILES string of the molecule is CCC(NC(=O)c1cc2nc(C(F)F)cc(C(F)F)n2n1)c1ccccc1. The number of rotatable bonds is 6. The van der Waals surface area contributed by atoms with Crippen LogP contribution in [0, 0.1) is 0 Å². The highest BCUT2D eigenvalue weighted by molar-refractivity contribution is 5.93. The number of hydrogen-bond donors (Lipinski definition) is 1. The highest BCUT2D eigenvalue weighted by atomic mass is 19.3. The Bertz CT molecular complexity index is 943. The number of nitrogens with zero attached hydrogens (tertiary/aromatic N) is 3. The number of carbonyl (C=O) groups is 1. The minimum Gasteiger partial charge on any atom is -0.344 e. The molecule has 2 heterocycles. The molecule has 1 amide bonds. The van der Waals surface area contributed by atoms with Gasteiger partial charge in [-0.3, -0.25) is 4.79 Å². The maximum absolute atomic E-state index is 13.2. The monoisotopic (exact) mass is 380 g/mol. The van der Waals surface area contributed by atoms with E-state index < -0.39 is 30.1 Å². The molecule has 0 aliphatic heterocycles. The number of amides is 1. The second kappa shape index (κ2) is 7.73. The quantitative estimate of drug-likeness (QED) is 0.641. The highest BCUT2D eigenvalue weighted by Gasteiger charge is 2.23. The molecule has 0 bridgehead atoms. The van der Waals surface area contributed by atoms with E-state index in [0.717, 1.165) is 16.1 Å². The summed E-state index contributed by atoms with van der Waals surface area (Å²) in [5, 5.41) is 6.60. The Morgan fingerprint density at radius 2 is 1.81 bits per heavy atom. The molecule has 1 atom stereocenters. The maximum atomic E-state index is 13.2. The minimum atomic E-state index is -3.04. The van der Waals surface area contributed by atoms with E-state index in [1.54, 1.807) is 0 Å². The summed E-state index contributed by atoms with van der Waals surface area (Å²) in [5.74, 6) is -0.602. The first-order chi connectivity index (χ1) is 12.9. The van der Waals surface area contributed by atoms with Gasteiger partial charge >= 0.3 is 0 Å². The number of halogens is 4. The molecule has 1 aromatic carbocycles. The van der Waals surface area contributed by atoms with Gasteiger partial charge < -0.3 is 5.32 Å². The smallest absolute Gasteiger partial charge is 0.280 e. The summed E-state index contributed by atoms with van der Waals surface area (Å²) in [6, 6.07) is 10.6. The average Bonchev–Trinajstić information content (AvgIpc) is 3.09. The average molecular weight is 380 g/mol. The van der Waals surface area contributed by atoms with Crippen LogP contribution in [0.5, 0.6) is 0 Å². The van der Waals surface area contributed by atoms with Crippen LogP contribution >= 0.6 is 0 Å². The molecule has 1 N–H and O–H groups in total. The Hall–Kier alpha value is -2.97. The fourth-order valence-corrected chi connectivity index (χ4v) is 2.73. The van der Waals surface area contributed by atoms with Gasteiger partial charge in [0.2, 0.25) is 0 Å². The Morgan fingerprint density at radius 3 is 2.41 bits per heavy atom. The Morgan fingerprint density at radius 1 is 1.11 bits per heavy atom. The summed E-state index contributed by atoms with van der Waals surface area (Å²) in [6.07, 6.45) is -5.46. The zero-order valence-electron chi connectivity index (χ0n) is 14.2. The van der Waals surface area contributed by atoms with E-state index in [2.05, 4.69) is 15.4 Å². The van der Waals surface area contributed by atoms with Crippen molar-refractivity contribution in [2.45, 2.75) is 32.2 Å². The number of benzene rings is 1. The first-order valence-corrected chi connectivity index (χ1v) is 8.23. The summed E-state index contributed by atoms with van der Waals surface area (Å²) in [4.78, 5) is 16.1. The zero-order chi connectivity index (χ0) is 19.6. The third kappa shape index (κ3) is 3.91. The lowest BCUT2D eigenvalue weighted by molar-refractivity contribution is 0.0929. The van der Waals surface area contributed by atoms with Crippen LogP contribution in [0.3, 0.4) is 0 Å². The Kier molecular flexibility index (Phi) is 5.38. The summed E-state index contributed by atoms with van der Waals surface area (Å²) in [5.41, 5.74) is -1.07. The summed E-state index contributed by atoms with van der Waals surface area (Å²) >= 11 is 0. The highest BCUT2D eigenvalue weighted by Crippen LogP contribution is 2.25. The molecule has 5 nitrogen and oxygen atoms in total. The van der Waals surface area contributed by atoms with Crippen LogP contribution in [0.2, 0.25) is 0 Å². The van der Waals surface area contributed by atoms with Gasteiger partial charge in [0.1, 0.15) is 11.4 Å². The largest absolute Gasteiger partial charge is 0.344 e. The third-order valence-electron chi connectivity index (χ3n) is 4.07. The molecule has 142 valence electrons.